The highest BCUT2D eigenvalue weighted by atomic mass is 16.7. The van der Waals surface area contributed by atoms with E-state index in [0.717, 1.165) is 0 Å². The maximum Gasteiger partial charge on any atom is 0.323 e. The molecular weight excluding hydrogens is 400 g/mol. The molecule has 0 unspecified atom stereocenters. The molecular formula is C19H26N2O9. The summed E-state index contributed by atoms with van der Waals surface area (Å²) in [7, 11) is 0. The van der Waals surface area contributed by atoms with Crippen LogP contribution < -0.4 is 5.73 Å². The maximum atomic E-state index is 12.0. The molecule has 1 rings (SSSR count). The predicted octanol–water partition coefficient (Wildman–Crippen LogP) is -0.177. The monoisotopic (exact) mass is 426 g/mol. The van der Waals surface area contributed by atoms with Gasteiger partial charge in [-0.05, 0) is 24.6 Å². The summed E-state index contributed by atoms with van der Waals surface area (Å²) in [5, 5.41) is 9.74. The molecule has 0 atom stereocenters. The van der Waals surface area contributed by atoms with Crippen molar-refractivity contribution in [3.63, 3.8) is 0 Å². The van der Waals surface area contributed by atoms with Gasteiger partial charge in [0, 0.05) is 25.6 Å². The number of nitrogens with two attached hydrogens (primary N) is 1. The minimum atomic E-state index is -0.727. The Morgan fingerprint density at radius 1 is 1.00 bits per heavy atom. The van der Waals surface area contributed by atoms with E-state index < -0.39 is 31.5 Å². The Bertz CT molecular complexity index is 752. The molecule has 11 heteroatoms. The number of carbonyl (C=O) groups excluding carboxylic acids is 4. The Morgan fingerprint density at radius 3 is 2.20 bits per heavy atom. The van der Waals surface area contributed by atoms with Gasteiger partial charge in [-0.3, -0.25) is 24.1 Å². The number of esters is 3. The molecule has 0 bridgehead atoms. The van der Waals surface area contributed by atoms with Crippen molar-refractivity contribution < 1.29 is 43.2 Å². The van der Waals surface area contributed by atoms with Crippen LogP contribution >= 0.6 is 0 Å². The van der Waals surface area contributed by atoms with E-state index in [4.69, 9.17) is 19.9 Å². The van der Waals surface area contributed by atoms with Crippen LogP contribution in [0.3, 0.4) is 0 Å². The SMILES string of the molecule is CC(=O)COCOC(=O)CN(CC(=O)OCOC(C)=O)Cc1ccc(O)c(CN)c1. The molecule has 3 N–H and O–H groups in total. The van der Waals surface area contributed by atoms with E-state index in [1.807, 2.05) is 0 Å². The number of benzene rings is 1. The lowest BCUT2D eigenvalue weighted by Gasteiger charge is -2.21. The topological polar surface area (TPSA) is 155 Å². The number of hydrogen-bond donors (Lipinski definition) is 2. The second-order valence-corrected chi connectivity index (χ2v) is 6.27. The molecule has 0 aromatic heterocycles. The highest BCUT2D eigenvalue weighted by Gasteiger charge is 2.18. The van der Waals surface area contributed by atoms with E-state index in [-0.39, 0.29) is 44.3 Å². The Labute approximate surface area is 173 Å². The number of ether oxygens (including phenoxy) is 4. The summed E-state index contributed by atoms with van der Waals surface area (Å²) < 4.78 is 19.1. The van der Waals surface area contributed by atoms with Crippen molar-refractivity contribution in [1.29, 1.82) is 0 Å². The molecule has 0 heterocycles. The summed E-state index contributed by atoms with van der Waals surface area (Å²) in [6, 6.07) is 4.73. The normalized spacial score (nSPS) is 10.5. The van der Waals surface area contributed by atoms with Crippen LogP contribution in [-0.4, -0.2) is 67.0 Å². The van der Waals surface area contributed by atoms with Crippen molar-refractivity contribution in [2.24, 2.45) is 5.73 Å². The van der Waals surface area contributed by atoms with Crippen LogP contribution in [-0.2, 0) is 51.2 Å². The average Bonchev–Trinajstić information content (AvgIpc) is 2.66. The number of rotatable bonds is 13. The van der Waals surface area contributed by atoms with Gasteiger partial charge in [0.05, 0.1) is 13.1 Å². The summed E-state index contributed by atoms with van der Waals surface area (Å²) >= 11 is 0. The molecule has 0 aliphatic heterocycles. The Hall–Kier alpha value is -3.02. The summed E-state index contributed by atoms with van der Waals surface area (Å²) in [4.78, 5) is 47.0. The first kappa shape index (κ1) is 25.0. The number of Topliss-reactive ketones (excluding diaryl/α,β-unsaturated/α-hetero) is 1. The van der Waals surface area contributed by atoms with Crippen molar-refractivity contribution in [1.82, 2.24) is 4.90 Å². The van der Waals surface area contributed by atoms with Crippen molar-refractivity contribution >= 4 is 23.7 Å². The van der Waals surface area contributed by atoms with Crippen molar-refractivity contribution in [3.05, 3.63) is 29.3 Å². The lowest BCUT2D eigenvalue weighted by molar-refractivity contribution is -0.167. The average molecular weight is 426 g/mol. The van der Waals surface area contributed by atoms with Crippen molar-refractivity contribution in [2.45, 2.75) is 26.9 Å². The van der Waals surface area contributed by atoms with Crippen LogP contribution in [0.4, 0.5) is 0 Å². The van der Waals surface area contributed by atoms with Crippen LogP contribution in [0.5, 0.6) is 5.75 Å². The highest BCUT2D eigenvalue weighted by Crippen LogP contribution is 2.19. The fraction of sp³-hybridized carbons (Fsp3) is 0.474. The molecule has 0 amide bonds. The van der Waals surface area contributed by atoms with E-state index in [1.165, 1.54) is 24.8 Å². The quantitative estimate of drug-likeness (QED) is 0.245. The largest absolute Gasteiger partial charge is 0.508 e. The Kier molecular flexibility index (Phi) is 11.0. The van der Waals surface area contributed by atoms with E-state index in [1.54, 1.807) is 12.1 Å². The molecule has 0 saturated carbocycles. The molecule has 166 valence electrons. The van der Waals surface area contributed by atoms with Gasteiger partial charge in [-0.2, -0.15) is 0 Å². The third-order valence-corrected chi connectivity index (χ3v) is 3.57. The first-order valence-electron chi connectivity index (χ1n) is 8.96. The third-order valence-electron chi connectivity index (χ3n) is 3.57. The Morgan fingerprint density at radius 2 is 1.63 bits per heavy atom. The maximum absolute atomic E-state index is 12.0. The zero-order valence-electron chi connectivity index (χ0n) is 16.9. The molecule has 30 heavy (non-hydrogen) atoms. The minimum Gasteiger partial charge on any atom is -0.508 e. The number of ketones is 1. The molecule has 11 nitrogen and oxygen atoms in total. The van der Waals surface area contributed by atoms with E-state index >= 15 is 0 Å². The standard InChI is InChI=1S/C19H26N2O9/c1-13(22)10-27-11-29-18(25)8-21(9-19(26)30-12-28-14(2)23)7-15-3-4-17(24)16(5-15)6-20/h3-5,24H,6-12,20H2,1-2H3. The summed E-state index contributed by atoms with van der Waals surface area (Å²) in [5.41, 5.74) is 6.77. The second-order valence-electron chi connectivity index (χ2n) is 6.27. The first-order chi connectivity index (χ1) is 14.2. The molecule has 0 radical (unpaired) electrons. The van der Waals surface area contributed by atoms with Crippen LogP contribution in [0.15, 0.2) is 18.2 Å². The molecule has 0 spiro atoms. The summed E-state index contributed by atoms with van der Waals surface area (Å²) in [6.07, 6.45) is 0. The number of phenolic OH excluding ortho intramolecular Hbond substituents is 1. The number of carbonyl (C=O) groups is 4. The van der Waals surface area contributed by atoms with Gasteiger partial charge in [0.25, 0.3) is 0 Å². The van der Waals surface area contributed by atoms with Gasteiger partial charge in [0.15, 0.2) is 12.6 Å². The molecule has 0 aliphatic rings. The van der Waals surface area contributed by atoms with Crippen LogP contribution in [0.25, 0.3) is 0 Å². The number of hydrogen-bond acceptors (Lipinski definition) is 11. The van der Waals surface area contributed by atoms with Crippen LogP contribution in [0, 0.1) is 0 Å². The van der Waals surface area contributed by atoms with Gasteiger partial charge in [0.2, 0.25) is 6.79 Å². The van der Waals surface area contributed by atoms with Crippen molar-refractivity contribution in [2.75, 3.05) is 33.3 Å². The zero-order chi connectivity index (χ0) is 22.5. The minimum absolute atomic E-state index is 0.0376. The lowest BCUT2D eigenvalue weighted by Crippen LogP contribution is -2.36. The zero-order valence-corrected chi connectivity index (χ0v) is 16.9. The molecule has 1 aromatic carbocycles. The molecule has 0 saturated heterocycles. The van der Waals surface area contributed by atoms with Crippen LogP contribution in [0.2, 0.25) is 0 Å². The Balaban J connectivity index is 2.72. The van der Waals surface area contributed by atoms with Gasteiger partial charge >= 0.3 is 17.9 Å². The van der Waals surface area contributed by atoms with Crippen molar-refractivity contribution in [3.8, 4) is 5.75 Å². The molecule has 0 fully saturated rings. The van der Waals surface area contributed by atoms with E-state index in [2.05, 4.69) is 4.74 Å². The van der Waals surface area contributed by atoms with Gasteiger partial charge < -0.3 is 29.8 Å². The number of aromatic hydroxyl groups is 1. The van der Waals surface area contributed by atoms with Gasteiger partial charge in [-0.1, -0.05) is 6.07 Å². The van der Waals surface area contributed by atoms with Crippen LogP contribution in [0.1, 0.15) is 25.0 Å². The third kappa shape index (κ3) is 10.5. The fourth-order valence-electron chi connectivity index (χ4n) is 2.25. The summed E-state index contributed by atoms with van der Waals surface area (Å²) in [5.74, 6) is -2.20. The first-order valence-corrected chi connectivity index (χ1v) is 8.96. The summed E-state index contributed by atoms with van der Waals surface area (Å²) in [6.45, 7) is 1.03. The van der Waals surface area contributed by atoms with Gasteiger partial charge in [-0.15, -0.1) is 0 Å². The fourth-order valence-corrected chi connectivity index (χ4v) is 2.25. The van der Waals surface area contributed by atoms with Gasteiger partial charge in [0.1, 0.15) is 12.4 Å². The predicted molar refractivity (Wildman–Crippen MR) is 102 cm³/mol. The number of nitrogens with zero attached hydrogens (tertiary/aromatic N) is 1. The second kappa shape index (κ2) is 13.2. The lowest BCUT2D eigenvalue weighted by atomic mass is 10.1. The van der Waals surface area contributed by atoms with E-state index in [9.17, 15) is 24.3 Å². The molecule has 0 aliphatic carbocycles. The van der Waals surface area contributed by atoms with E-state index in [0.29, 0.717) is 11.1 Å². The van der Waals surface area contributed by atoms with Gasteiger partial charge in [-0.25, -0.2) is 0 Å². The number of phenols is 1. The highest BCUT2D eigenvalue weighted by molar-refractivity contribution is 5.77. The molecule has 1 aromatic rings. The smallest absolute Gasteiger partial charge is 0.323 e.